The highest BCUT2D eigenvalue weighted by Gasteiger charge is 2.25. The third kappa shape index (κ3) is 2.96. The highest BCUT2D eigenvalue weighted by Crippen LogP contribution is 2.39. The van der Waals surface area contributed by atoms with Gasteiger partial charge in [-0.1, -0.05) is 17.7 Å². The lowest BCUT2D eigenvalue weighted by atomic mass is 9.89. The number of benzene rings is 2. The van der Waals surface area contributed by atoms with E-state index in [0.717, 1.165) is 35.8 Å². The van der Waals surface area contributed by atoms with Crippen molar-refractivity contribution in [1.82, 2.24) is 5.32 Å². The van der Waals surface area contributed by atoms with Crippen LogP contribution < -0.4 is 19.5 Å². The first-order chi connectivity index (χ1) is 11.2. The molecule has 4 nitrogen and oxygen atoms in total. The Kier molecular flexibility index (Phi) is 4.64. The number of halogens is 1. The number of ether oxygens (including phenoxy) is 3. The number of nitrogens with one attached hydrogen (secondary N) is 1. The van der Waals surface area contributed by atoms with Crippen LogP contribution in [0.2, 0.25) is 5.02 Å². The van der Waals surface area contributed by atoms with E-state index in [-0.39, 0.29) is 6.04 Å². The smallest absolute Gasteiger partial charge is 0.161 e. The van der Waals surface area contributed by atoms with Crippen molar-refractivity contribution in [3.05, 3.63) is 52.0 Å². The van der Waals surface area contributed by atoms with Crippen LogP contribution in [0, 0.1) is 0 Å². The monoisotopic (exact) mass is 333 g/mol. The van der Waals surface area contributed by atoms with Gasteiger partial charge in [0.1, 0.15) is 5.75 Å². The number of hydrogen-bond acceptors (Lipinski definition) is 4. The third-order valence-electron chi connectivity index (χ3n) is 4.22. The lowest BCUT2D eigenvalue weighted by Crippen LogP contribution is -2.30. The van der Waals surface area contributed by atoms with Crippen LogP contribution in [-0.2, 0) is 6.42 Å². The van der Waals surface area contributed by atoms with Gasteiger partial charge in [0, 0.05) is 11.6 Å². The van der Waals surface area contributed by atoms with Gasteiger partial charge in [-0.3, -0.25) is 0 Å². The Bertz CT molecular complexity index is 718. The molecule has 0 amide bonds. The quantitative estimate of drug-likeness (QED) is 0.928. The third-order valence-corrected chi connectivity index (χ3v) is 4.55. The van der Waals surface area contributed by atoms with Crippen molar-refractivity contribution in [3.63, 3.8) is 0 Å². The molecule has 1 aliphatic rings. The van der Waals surface area contributed by atoms with E-state index >= 15 is 0 Å². The Hall–Kier alpha value is -1.91. The predicted molar refractivity (Wildman–Crippen MR) is 91.1 cm³/mol. The Morgan fingerprint density at radius 3 is 2.35 bits per heavy atom. The second-order valence-corrected chi connectivity index (χ2v) is 5.84. The predicted octanol–water partition coefficient (Wildman–Crippen LogP) is 3.60. The van der Waals surface area contributed by atoms with Gasteiger partial charge in [0.25, 0.3) is 0 Å². The molecule has 1 heterocycles. The average Bonchev–Trinajstić information content (AvgIpc) is 2.59. The summed E-state index contributed by atoms with van der Waals surface area (Å²) in [6, 6.07) is 9.89. The molecule has 0 spiro atoms. The first kappa shape index (κ1) is 16.0. The zero-order chi connectivity index (χ0) is 16.4. The minimum atomic E-state index is 0.0250. The molecule has 1 aliphatic heterocycles. The van der Waals surface area contributed by atoms with E-state index in [4.69, 9.17) is 25.8 Å². The van der Waals surface area contributed by atoms with Gasteiger partial charge in [0.05, 0.1) is 27.4 Å². The second-order valence-electron chi connectivity index (χ2n) is 5.43. The van der Waals surface area contributed by atoms with Gasteiger partial charge in [0.15, 0.2) is 11.5 Å². The molecule has 0 saturated heterocycles. The Morgan fingerprint density at radius 1 is 0.957 bits per heavy atom. The summed E-state index contributed by atoms with van der Waals surface area (Å²) in [5, 5.41) is 4.22. The summed E-state index contributed by atoms with van der Waals surface area (Å²) in [5.74, 6) is 2.24. The number of methoxy groups -OCH3 is 3. The molecular formula is C18H20ClNO3. The van der Waals surface area contributed by atoms with Crippen LogP contribution in [0.4, 0.5) is 0 Å². The number of rotatable bonds is 4. The van der Waals surface area contributed by atoms with Crippen LogP contribution in [-0.4, -0.2) is 27.9 Å². The number of fused-ring (bicyclic) bond motifs is 1. The molecule has 122 valence electrons. The van der Waals surface area contributed by atoms with Crippen molar-refractivity contribution in [2.24, 2.45) is 0 Å². The van der Waals surface area contributed by atoms with Crippen molar-refractivity contribution in [2.45, 2.75) is 12.5 Å². The highest BCUT2D eigenvalue weighted by atomic mass is 35.5. The lowest BCUT2D eigenvalue weighted by molar-refractivity contribution is 0.353. The summed E-state index contributed by atoms with van der Waals surface area (Å²) in [7, 11) is 4.94. The largest absolute Gasteiger partial charge is 0.497 e. The van der Waals surface area contributed by atoms with E-state index in [1.807, 2.05) is 24.3 Å². The van der Waals surface area contributed by atoms with E-state index in [2.05, 4.69) is 11.4 Å². The molecule has 23 heavy (non-hydrogen) atoms. The molecule has 0 aromatic heterocycles. The molecule has 0 radical (unpaired) electrons. The molecule has 2 aromatic rings. The molecule has 1 atom stereocenters. The van der Waals surface area contributed by atoms with Gasteiger partial charge in [-0.05, 0) is 47.4 Å². The summed E-state index contributed by atoms with van der Waals surface area (Å²) in [6.07, 6.45) is 0.944. The van der Waals surface area contributed by atoms with Crippen molar-refractivity contribution < 1.29 is 14.2 Å². The Balaban J connectivity index is 2.07. The molecule has 0 aliphatic carbocycles. The van der Waals surface area contributed by atoms with E-state index in [1.165, 1.54) is 11.1 Å². The minimum Gasteiger partial charge on any atom is -0.497 e. The highest BCUT2D eigenvalue weighted by molar-refractivity contribution is 6.31. The fraction of sp³-hybridized carbons (Fsp3) is 0.333. The summed E-state index contributed by atoms with van der Waals surface area (Å²) in [6.45, 7) is 0.884. The van der Waals surface area contributed by atoms with Crippen LogP contribution >= 0.6 is 11.6 Å². The van der Waals surface area contributed by atoms with Gasteiger partial charge in [0.2, 0.25) is 0 Å². The maximum absolute atomic E-state index is 6.46. The van der Waals surface area contributed by atoms with Crippen LogP contribution in [0.1, 0.15) is 22.7 Å². The molecular weight excluding hydrogens is 314 g/mol. The van der Waals surface area contributed by atoms with Crippen LogP contribution in [0.25, 0.3) is 0 Å². The second kappa shape index (κ2) is 6.69. The van der Waals surface area contributed by atoms with Crippen LogP contribution in [0.5, 0.6) is 17.2 Å². The van der Waals surface area contributed by atoms with Crippen molar-refractivity contribution in [2.75, 3.05) is 27.9 Å². The average molecular weight is 334 g/mol. The first-order valence-corrected chi connectivity index (χ1v) is 7.87. The molecule has 1 N–H and O–H groups in total. The SMILES string of the molecule is COc1ccc(C2NCCc3cc(OC)c(OC)cc32)c(Cl)c1. The van der Waals surface area contributed by atoms with Crippen molar-refractivity contribution >= 4 is 11.6 Å². The van der Waals surface area contributed by atoms with Gasteiger partial charge in [-0.15, -0.1) is 0 Å². The molecule has 5 heteroatoms. The zero-order valence-corrected chi connectivity index (χ0v) is 14.2. The number of hydrogen-bond donors (Lipinski definition) is 1. The van der Waals surface area contributed by atoms with E-state index in [0.29, 0.717) is 5.02 Å². The van der Waals surface area contributed by atoms with Gasteiger partial charge < -0.3 is 19.5 Å². The molecule has 2 aromatic carbocycles. The Labute approximate surface area is 141 Å². The van der Waals surface area contributed by atoms with Crippen LogP contribution in [0.3, 0.4) is 0 Å². The minimum absolute atomic E-state index is 0.0250. The van der Waals surface area contributed by atoms with Gasteiger partial charge >= 0.3 is 0 Å². The van der Waals surface area contributed by atoms with Crippen molar-refractivity contribution in [3.8, 4) is 17.2 Å². The first-order valence-electron chi connectivity index (χ1n) is 7.49. The fourth-order valence-corrected chi connectivity index (χ4v) is 3.31. The molecule has 0 saturated carbocycles. The summed E-state index contributed by atoms with van der Waals surface area (Å²) in [4.78, 5) is 0. The zero-order valence-electron chi connectivity index (χ0n) is 13.5. The molecule has 0 fully saturated rings. The topological polar surface area (TPSA) is 39.7 Å². The molecule has 3 rings (SSSR count). The van der Waals surface area contributed by atoms with Gasteiger partial charge in [-0.25, -0.2) is 0 Å². The normalized spacial score (nSPS) is 16.6. The fourth-order valence-electron chi connectivity index (χ4n) is 3.03. The molecule has 0 bridgehead atoms. The summed E-state index contributed by atoms with van der Waals surface area (Å²) < 4.78 is 16.1. The van der Waals surface area contributed by atoms with E-state index in [9.17, 15) is 0 Å². The molecule has 1 unspecified atom stereocenters. The van der Waals surface area contributed by atoms with E-state index < -0.39 is 0 Å². The standard InChI is InChI=1S/C18H20ClNO3/c1-21-12-4-5-13(15(19)9-12)18-14-10-17(23-3)16(22-2)8-11(14)6-7-20-18/h4-5,8-10,18,20H,6-7H2,1-3H3. The Morgan fingerprint density at radius 2 is 1.70 bits per heavy atom. The van der Waals surface area contributed by atoms with E-state index in [1.54, 1.807) is 21.3 Å². The maximum atomic E-state index is 6.46. The van der Waals surface area contributed by atoms with Crippen LogP contribution in [0.15, 0.2) is 30.3 Å². The van der Waals surface area contributed by atoms with Crippen molar-refractivity contribution in [1.29, 1.82) is 0 Å². The van der Waals surface area contributed by atoms with Gasteiger partial charge in [-0.2, -0.15) is 0 Å². The maximum Gasteiger partial charge on any atom is 0.161 e. The summed E-state index contributed by atoms with van der Waals surface area (Å²) >= 11 is 6.46. The summed E-state index contributed by atoms with van der Waals surface area (Å²) in [5.41, 5.74) is 3.44. The lowest BCUT2D eigenvalue weighted by Gasteiger charge is -2.29.